The van der Waals surface area contributed by atoms with Gasteiger partial charge in [0, 0.05) is 0 Å². The molecular weight excluding hydrogens is 366 g/mol. The minimum absolute atomic E-state index is 0.0953. The standard InChI is InChI=1S/C23H25N3O3/c1-15-23(16(2)26(25-15)17-8-4-3-5-9-17)24-22(28)14-29-21-13-7-10-18-19(21)11-6-12-20(18)27/h3-5,7-10,13,20,27H,6,11-12,14H2,1-2H3,(H,24,28)/t20-/m1/s1. The summed E-state index contributed by atoms with van der Waals surface area (Å²) in [6.07, 6.45) is 2.08. The maximum Gasteiger partial charge on any atom is 0.262 e. The smallest absolute Gasteiger partial charge is 0.262 e. The van der Waals surface area contributed by atoms with Crippen LogP contribution in [0.3, 0.4) is 0 Å². The van der Waals surface area contributed by atoms with Crippen molar-refractivity contribution < 1.29 is 14.6 Å². The molecule has 0 saturated heterocycles. The van der Waals surface area contributed by atoms with E-state index in [1.54, 1.807) is 0 Å². The van der Waals surface area contributed by atoms with Crippen LogP contribution in [0, 0.1) is 13.8 Å². The van der Waals surface area contributed by atoms with Gasteiger partial charge < -0.3 is 15.2 Å². The number of hydrogen-bond donors (Lipinski definition) is 2. The first-order valence-corrected chi connectivity index (χ1v) is 9.88. The van der Waals surface area contributed by atoms with Crippen LogP contribution in [0.25, 0.3) is 5.69 Å². The molecule has 0 radical (unpaired) electrons. The van der Waals surface area contributed by atoms with Crippen LogP contribution in [0.15, 0.2) is 48.5 Å². The van der Waals surface area contributed by atoms with Gasteiger partial charge in [0.25, 0.3) is 5.91 Å². The van der Waals surface area contributed by atoms with Crippen LogP contribution in [0.2, 0.25) is 0 Å². The number of benzene rings is 2. The summed E-state index contributed by atoms with van der Waals surface area (Å²) < 4.78 is 7.63. The number of carbonyl (C=O) groups excluding carboxylic acids is 1. The number of aliphatic hydroxyl groups is 1. The Balaban J connectivity index is 1.46. The molecule has 0 spiro atoms. The maximum absolute atomic E-state index is 12.5. The molecular formula is C23H25N3O3. The molecule has 6 nitrogen and oxygen atoms in total. The first-order chi connectivity index (χ1) is 14.0. The van der Waals surface area contributed by atoms with Crippen molar-refractivity contribution in [1.29, 1.82) is 0 Å². The van der Waals surface area contributed by atoms with Gasteiger partial charge in [-0.25, -0.2) is 4.68 Å². The second kappa shape index (κ2) is 8.09. The van der Waals surface area contributed by atoms with Crippen LogP contribution in [-0.4, -0.2) is 27.4 Å². The van der Waals surface area contributed by atoms with Crippen molar-refractivity contribution in [2.45, 2.75) is 39.2 Å². The molecule has 0 aliphatic heterocycles. The molecule has 1 amide bonds. The fourth-order valence-electron chi connectivity index (χ4n) is 3.89. The molecule has 1 aromatic heterocycles. The van der Waals surface area contributed by atoms with Crippen molar-refractivity contribution in [3.05, 3.63) is 71.0 Å². The van der Waals surface area contributed by atoms with E-state index >= 15 is 0 Å². The summed E-state index contributed by atoms with van der Waals surface area (Å²) in [5.41, 5.74) is 5.17. The number of aromatic nitrogens is 2. The highest BCUT2D eigenvalue weighted by atomic mass is 16.5. The van der Waals surface area contributed by atoms with Crippen LogP contribution in [0.5, 0.6) is 5.75 Å². The molecule has 150 valence electrons. The summed E-state index contributed by atoms with van der Waals surface area (Å²) in [6.45, 7) is 3.71. The lowest BCUT2D eigenvalue weighted by atomic mass is 9.89. The number of nitrogens with one attached hydrogen (secondary N) is 1. The van der Waals surface area contributed by atoms with Gasteiger partial charge in [-0.15, -0.1) is 0 Å². The van der Waals surface area contributed by atoms with E-state index in [0.717, 1.165) is 47.5 Å². The van der Waals surface area contributed by atoms with Crippen LogP contribution >= 0.6 is 0 Å². The summed E-state index contributed by atoms with van der Waals surface area (Å²) >= 11 is 0. The molecule has 3 aromatic rings. The highest BCUT2D eigenvalue weighted by Gasteiger charge is 2.21. The van der Waals surface area contributed by atoms with Gasteiger partial charge in [0.05, 0.1) is 28.9 Å². The second-order valence-corrected chi connectivity index (χ2v) is 7.36. The zero-order valence-electron chi connectivity index (χ0n) is 16.7. The lowest BCUT2D eigenvalue weighted by molar-refractivity contribution is -0.118. The summed E-state index contributed by atoms with van der Waals surface area (Å²) in [5, 5.41) is 17.7. The summed E-state index contributed by atoms with van der Waals surface area (Å²) in [7, 11) is 0. The Morgan fingerprint density at radius 3 is 2.79 bits per heavy atom. The minimum atomic E-state index is -0.453. The first kappa shape index (κ1) is 19.2. The van der Waals surface area contributed by atoms with Gasteiger partial charge >= 0.3 is 0 Å². The van der Waals surface area contributed by atoms with Crippen molar-refractivity contribution in [2.75, 3.05) is 11.9 Å². The fraction of sp³-hybridized carbons (Fsp3) is 0.304. The van der Waals surface area contributed by atoms with E-state index in [1.807, 2.05) is 67.1 Å². The van der Waals surface area contributed by atoms with Gasteiger partial charge in [0.2, 0.25) is 0 Å². The van der Waals surface area contributed by atoms with Crippen LogP contribution in [0.4, 0.5) is 5.69 Å². The average Bonchev–Trinajstić information content (AvgIpc) is 3.01. The number of rotatable bonds is 5. The third-order valence-corrected chi connectivity index (χ3v) is 5.35. The third-order valence-electron chi connectivity index (χ3n) is 5.35. The number of carbonyl (C=O) groups is 1. The number of nitrogens with zero attached hydrogens (tertiary/aromatic N) is 2. The van der Waals surface area contributed by atoms with E-state index in [2.05, 4.69) is 10.4 Å². The van der Waals surface area contributed by atoms with E-state index in [0.29, 0.717) is 11.4 Å². The lowest BCUT2D eigenvalue weighted by Gasteiger charge is -2.23. The Morgan fingerprint density at radius 1 is 1.21 bits per heavy atom. The van der Waals surface area contributed by atoms with Crippen LogP contribution in [-0.2, 0) is 11.2 Å². The monoisotopic (exact) mass is 391 g/mol. The fourth-order valence-corrected chi connectivity index (χ4v) is 3.89. The van der Waals surface area contributed by atoms with E-state index in [4.69, 9.17) is 4.74 Å². The quantitative estimate of drug-likeness (QED) is 0.692. The molecule has 0 saturated carbocycles. The van der Waals surface area contributed by atoms with E-state index < -0.39 is 6.10 Å². The Bertz CT molecular complexity index is 1030. The largest absolute Gasteiger partial charge is 0.483 e. The molecule has 2 N–H and O–H groups in total. The Kier molecular flexibility index (Phi) is 5.36. The summed E-state index contributed by atoms with van der Waals surface area (Å²) in [5.74, 6) is 0.433. The Morgan fingerprint density at radius 2 is 2.00 bits per heavy atom. The van der Waals surface area contributed by atoms with Gasteiger partial charge in [0.15, 0.2) is 6.61 Å². The molecule has 29 heavy (non-hydrogen) atoms. The molecule has 4 rings (SSSR count). The molecule has 1 aliphatic carbocycles. The maximum atomic E-state index is 12.5. The van der Waals surface area contributed by atoms with Crippen molar-refractivity contribution in [2.24, 2.45) is 0 Å². The van der Waals surface area contributed by atoms with Gasteiger partial charge in [-0.3, -0.25) is 4.79 Å². The number of fused-ring (bicyclic) bond motifs is 1. The predicted molar refractivity (Wildman–Crippen MR) is 112 cm³/mol. The normalized spacial score (nSPS) is 15.6. The summed E-state index contributed by atoms with van der Waals surface area (Å²) in [6, 6.07) is 15.5. The Labute approximate surface area is 170 Å². The number of aliphatic hydroxyl groups excluding tert-OH is 1. The van der Waals surface area contributed by atoms with E-state index in [9.17, 15) is 9.90 Å². The molecule has 2 aromatic carbocycles. The van der Waals surface area contributed by atoms with Gasteiger partial charge in [-0.1, -0.05) is 30.3 Å². The molecule has 0 unspecified atom stereocenters. The molecule has 1 heterocycles. The SMILES string of the molecule is Cc1nn(-c2ccccc2)c(C)c1NC(=O)COc1cccc2c1CCC[C@H]2O. The molecule has 6 heteroatoms. The third kappa shape index (κ3) is 3.89. The highest BCUT2D eigenvalue weighted by molar-refractivity contribution is 5.93. The molecule has 1 aliphatic rings. The second-order valence-electron chi connectivity index (χ2n) is 7.36. The van der Waals surface area contributed by atoms with E-state index in [1.165, 1.54) is 0 Å². The average molecular weight is 391 g/mol. The number of aryl methyl sites for hydroxylation is 1. The van der Waals surface area contributed by atoms with Crippen molar-refractivity contribution in [1.82, 2.24) is 9.78 Å². The Hall–Kier alpha value is -3.12. The van der Waals surface area contributed by atoms with Crippen molar-refractivity contribution in [3.63, 3.8) is 0 Å². The highest BCUT2D eigenvalue weighted by Crippen LogP contribution is 2.35. The van der Waals surface area contributed by atoms with Gasteiger partial charge in [0.1, 0.15) is 5.75 Å². The van der Waals surface area contributed by atoms with Gasteiger partial charge in [-0.2, -0.15) is 5.10 Å². The number of para-hydroxylation sites is 1. The molecule has 1 atom stereocenters. The first-order valence-electron chi connectivity index (χ1n) is 9.88. The predicted octanol–water partition coefficient (Wildman–Crippen LogP) is 3.88. The number of amides is 1. The van der Waals surface area contributed by atoms with Crippen molar-refractivity contribution in [3.8, 4) is 11.4 Å². The minimum Gasteiger partial charge on any atom is -0.483 e. The summed E-state index contributed by atoms with van der Waals surface area (Å²) in [4.78, 5) is 12.5. The van der Waals surface area contributed by atoms with Crippen LogP contribution in [0.1, 0.15) is 41.5 Å². The van der Waals surface area contributed by atoms with Crippen LogP contribution < -0.4 is 10.1 Å². The zero-order valence-corrected chi connectivity index (χ0v) is 16.7. The number of anilines is 1. The lowest BCUT2D eigenvalue weighted by Crippen LogP contribution is -2.22. The zero-order chi connectivity index (χ0) is 20.4. The molecule has 0 fully saturated rings. The molecule has 0 bridgehead atoms. The van der Waals surface area contributed by atoms with Gasteiger partial charge in [-0.05, 0) is 62.4 Å². The number of ether oxygens (including phenoxy) is 1. The number of hydrogen-bond acceptors (Lipinski definition) is 4. The van der Waals surface area contributed by atoms with Crippen molar-refractivity contribution >= 4 is 11.6 Å². The van der Waals surface area contributed by atoms with E-state index in [-0.39, 0.29) is 12.5 Å². The topological polar surface area (TPSA) is 76.4 Å².